The highest BCUT2D eigenvalue weighted by molar-refractivity contribution is 7.13. The summed E-state index contributed by atoms with van der Waals surface area (Å²) in [5.74, 6) is -0.108. The predicted octanol–water partition coefficient (Wildman–Crippen LogP) is 3.91. The number of halogens is 1. The lowest BCUT2D eigenvalue weighted by molar-refractivity contribution is -0.123. The Kier molecular flexibility index (Phi) is 4.84. The molecule has 2 aromatic rings. The van der Waals surface area contributed by atoms with E-state index in [9.17, 15) is 9.59 Å². The Labute approximate surface area is 156 Å². The van der Waals surface area contributed by atoms with E-state index in [1.54, 1.807) is 4.90 Å². The van der Waals surface area contributed by atoms with Gasteiger partial charge < -0.3 is 10.2 Å². The van der Waals surface area contributed by atoms with Crippen molar-refractivity contribution in [1.29, 1.82) is 0 Å². The van der Waals surface area contributed by atoms with Gasteiger partial charge in [0.05, 0.1) is 12.1 Å². The molecule has 2 amide bonds. The first-order chi connectivity index (χ1) is 11.7. The number of carbonyl (C=O) groups excluding carboxylic acids is 2. The van der Waals surface area contributed by atoms with E-state index in [-0.39, 0.29) is 18.2 Å². The van der Waals surface area contributed by atoms with E-state index in [0.29, 0.717) is 22.4 Å². The molecule has 5 nitrogen and oxygen atoms in total. The van der Waals surface area contributed by atoms with Crippen LogP contribution in [-0.2, 0) is 22.4 Å². The van der Waals surface area contributed by atoms with E-state index >= 15 is 0 Å². The first-order valence-corrected chi connectivity index (χ1v) is 9.34. The molecule has 0 fully saturated rings. The van der Waals surface area contributed by atoms with Crippen molar-refractivity contribution in [3.63, 3.8) is 0 Å². The van der Waals surface area contributed by atoms with Gasteiger partial charge in [-0.05, 0) is 24.1 Å². The van der Waals surface area contributed by atoms with Gasteiger partial charge in [0.15, 0.2) is 5.13 Å². The highest BCUT2D eigenvalue weighted by Crippen LogP contribution is 2.31. The molecule has 0 bridgehead atoms. The number of aromatic nitrogens is 1. The van der Waals surface area contributed by atoms with Gasteiger partial charge in [-0.15, -0.1) is 11.3 Å². The number of hydrogen-bond donors (Lipinski definition) is 1. The summed E-state index contributed by atoms with van der Waals surface area (Å²) >= 11 is 7.38. The summed E-state index contributed by atoms with van der Waals surface area (Å²) < 4.78 is 0. The lowest BCUT2D eigenvalue weighted by atomic mass is 9.96. The molecule has 1 aromatic heterocycles. The number of anilines is 2. The van der Waals surface area contributed by atoms with Gasteiger partial charge >= 0.3 is 0 Å². The van der Waals surface area contributed by atoms with Gasteiger partial charge in [-0.3, -0.25) is 9.59 Å². The highest BCUT2D eigenvalue weighted by atomic mass is 35.5. The molecule has 132 valence electrons. The van der Waals surface area contributed by atoms with Crippen molar-refractivity contribution in [2.75, 3.05) is 16.8 Å². The monoisotopic (exact) mass is 377 g/mol. The van der Waals surface area contributed by atoms with Crippen LogP contribution in [-0.4, -0.2) is 23.3 Å². The zero-order valence-electron chi connectivity index (χ0n) is 14.4. The van der Waals surface area contributed by atoms with Gasteiger partial charge in [0.2, 0.25) is 11.8 Å². The van der Waals surface area contributed by atoms with E-state index in [4.69, 9.17) is 11.6 Å². The summed E-state index contributed by atoms with van der Waals surface area (Å²) in [6.45, 7) is 6.19. The highest BCUT2D eigenvalue weighted by Gasteiger charge is 2.26. The maximum Gasteiger partial charge on any atom is 0.233 e. The minimum Gasteiger partial charge on any atom is -0.311 e. The molecular weight excluding hydrogens is 358 g/mol. The molecule has 1 aliphatic rings. The van der Waals surface area contributed by atoms with Gasteiger partial charge in [-0.2, -0.15) is 0 Å². The third-order valence-electron chi connectivity index (χ3n) is 4.03. The van der Waals surface area contributed by atoms with E-state index < -0.39 is 5.41 Å². The number of rotatable bonds is 3. The van der Waals surface area contributed by atoms with Crippen LogP contribution in [0.2, 0.25) is 5.02 Å². The van der Waals surface area contributed by atoms with Crippen molar-refractivity contribution in [2.45, 2.75) is 33.6 Å². The van der Waals surface area contributed by atoms with Crippen molar-refractivity contribution in [2.24, 2.45) is 5.41 Å². The maximum atomic E-state index is 12.6. The normalized spacial score (nSPS) is 13.7. The standard InChI is InChI=1S/C18H20ClN3O2S/c1-18(2,3)16(24)21-17-20-13(10-25-17)9-15(23)22-7-6-11-4-5-12(19)8-14(11)22/h4-5,8,10H,6-7,9H2,1-3H3,(H,20,21,24). The van der Waals surface area contributed by atoms with E-state index in [1.165, 1.54) is 11.3 Å². The zero-order valence-corrected chi connectivity index (χ0v) is 16.0. The minimum absolute atomic E-state index is 0.0139. The van der Waals surface area contributed by atoms with Crippen LogP contribution in [0.1, 0.15) is 32.0 Å². The van der Waals surface area contributed by atoms with Crippen LogP contribution in [0.3, 0.4) is 0 Å². The quantitative estimate of drug-likeness (QED) is 0.881. The van der Waals surface area contributed by atoms with Crippen molar-refractivity contribution in [3.8, 4) is 0 Å². The fourth-order valence-electron chi connectivity index (χ4n) is 2.59. The number of hydrogen-bond acceptors (Lipinski definition) is 4. The van der Waals surface area contributed by atoms with Crippen molar-refractivity contribution < 1.29 is 9.59 Å². The first kappa shape index (κ1) is 17.9. The van der Waals surface area contributed by atoms with Crippen LogP contribution in [0.4, 0.5) is 10.8 Å². The van der Waals surface area contributed by atoms with Gasteiger partial charge in [-0.1, -0.05) is 38.4 Å². The molecule has 2 heterocycles. The summed E-state index contributed by atoms with van der Waals surface area (Å²) in [5.41, 5.74) is 2.19. The molecule has 25 heavy (non-hydrogen) atoms. The molecule has 0 saturated carbocycles. The Bertz CT molecular complexity index is 826. The smallest absolute Gasteiger partial charge is 0.233 e. The Morgan fingerprint density at radius 3 is 2.84 bits per heavy atom. The summed E-state index contributed by atoms with van der Waals surface area (Å²) in [6, 6.07) is 5.64. The molecule has 0 radical (unpaired) electrons. The Hall–Kier alpha value is -1.92. The molecule has 1 N–H and O–H groups in total. The number of thiazole rings is 1. The van der Waals surface area contributed by atoms with Crippen LogP contribution in [0.15, 0.2) is 23.6 Å². The van der Waals surface area contributed by atoms with E-state index in [1.807, 2.05) is 44.4 Å². The molecular formula is C18H20ClN3O2S. The van der Waals surface area contributed by atoms with E-state index in [0.717, 1.165) is 17.7 Å². The SMILES string of the molecule is CC(C)(C)C(=O)Nc1nc(CC(=O)N2CCc3ccc(Cl)cc32)cs1. The molecule has 0 aliphatic carbocycles. The van der Waals surface area contributed by atoms with Gasteiger partial charge in [0, 0.05) is 28.0 Å². The summed E-state index contributed by atoms with van der Waals surface area (Å²) in [6.07, 6.45) is 1.04. The van der Waals surface area contributed by atoms with Gasteiger partial charge in [-0.25, -0.2) is 4.98 Å². The lowest BCUT2D eigenvalue weighted by Gasteiger charge is -2.17. The topological polar surface area (TPSA) is 62.3 Å². The zero-order chi connectivity index (χ0) is 18.2. The predicted molar refractivity (Wildman–Crippen MR) is 101 cm³/mol. The first-order valence-electron chi connectivity index (χ1n) is 8.09. The Morgan fingerprint density at radius 2 is 2.12 bits per heavy atom. The average molecular weight is 378 g/mol. The lowest BCUT2D eigenvalue weighted by Crippen LogP contribution is -2.30. The van der Waals surface area contributed by atoms with Gasteiger partial charge in [0.25, 0.3) is 0 Å². The van der Waals surface area contributed by atoms with Crippen LogP contribution >= 0.6 is 22.9 Å². The number of nitrogens with zero attached hydrogens (tertiary/aromatic N) is 2. The third kappa shape index (κ3) is 4.02. The number of nitrogens with one attached hydrogen (secondary N) is 1. The van der Waals surface area contributed by atoms with Crippen LogP contribution in [0, 0.1) is 5.41 Å². The fourth-order valence-corrected chi connectivity index (χ4v) is 3.46. The molecule has 7 heteroatoms. The number of carbonyl (C=O) groups is 2. The number of benzene rings is 1. The molecule has 0 atom stereocenters. The average Bonchev–Trinajstić information content (AvgIpc) is 3.12. The van der Waals surface area contributed by atoms with Crippen molar-refractivity contribution >= 4 is 45.6 Å². The Morgan fingerprint density at radius 1 is 1.36 bits per heavy atom. The van der Waals surface area contributed by atoms with Crippen LogP contribution in [0.5, 0.6) is 0 Å². The molecule has 0 saturated heterocycles. The van der Waals surface area contributed by atoms with Crippen molar-refractivity contribution in [3.05, 3.63) is 39.9 Å². The third-order valence-corrected chi connectivity index (χ3v) is 5.07. The molecule has 3 rings (SSSR count). The summed E-state index contributed by atoms with van der Waals surface area (Å²) in [7, 11) is 0. The number of amides is 2. The summed E-state index contributed by atoms with van der Waals surface area (Å²) in [4.78, 5) is 30.8. The van der Waals surface area contributed by atoms with Crippen LogP contribution < -0.4 is 10.2 Å². The fraction of sp³-hybridized carbons (Fsp3) is 0.389. The second kappa shape index (κ2) is 6.77. The molecule has 1 aliphatic heterocycles. The molecule has 1 aromatic carbocycles. The number of fused-ring (bicyclic) bond motifs is 1. The van der Waals surface area contributed by atoms with Crippen LogP contribution in [0.25, 0.3) is 0 Å². The largest absolute Gasteiger partial charge is 0.311 e. The Balaban J connectivity index is 1.67. The maximum absolute atomic E-state index is 12.6. The molecule has 0 spiro atoms. The second-order valence-electron chi connectivity index (χ2n) is 7.09. The van der Waals surface area contributed by atoms with Gasteiger partial charge in [0.1, 0.15) is 0 Å². The van der Waals surface area contributed by atoms with Crippen molar-refractivity contribution in [1.82, 2.24) is 4.98 Å². The summed E-state index contributed by atoms with van der Waals surface area (Å²) in [5, 5.41) is 5.75. The van der Waals surface area contributed by atoms with E-state index in [2.05, 4.69) is 10.3 Å². The second-order valence-corrected chi connectivity index (χ2v) is 8.39. The minimum atomic E-state index is -0.486. The molecule has 0 unspecified atom stereocenters.